The lowest BCUT2D eigenvalue weighted by Crippen LogP contribution is -2.43. The Morgan fingerprint density at radius 2 is 1.82 bits per heavy atom. The predicted octanol–water partition coefficient (Wildman–Crippen LogP) is 3.14. The van der Waals surface area contributed by atoms with E-state index in [0.29, 0.717) is 43.8 Å². The molecule has 1 N–H and O–H groups in total. The van der Waals surface area contributed by atoms with Gasteiger partial charge in [0.1, 0.15) is 0 Å². The van der Waals surface area contributed by atoms with Gasteiger partial charge in [0.25, 0.3) is 5.91 Å². The van der Waals surface area contributed by atoms with Crippen LogP contribution in [0.3, 0.4) is 0 Å². The molecule has 2 aliphatic rings. The van der Waals surface area contributed by atoms with Crippen molar-refractivity contribution in [3.63, 3.8) is 0 Å². The van der Waals surface area contributed by atoms with E-state index in [-0.39, 0.29) is 12.5 Å². The molecule has 6 nitrogen and oxygen atoms in total. The number of carbonyl (C=O) groups excluding carboxylic acids is 1. The summed E-state index contributed by atoms with van der Waals surface area (Å²) in [5.41, 5.74) is 1.17. The van der Waals surface area contributed by atoms with Crippen LogP contribution in [0, 0.1) is 0 Å². The second-order valence-electron chi connectivity index (χ2n) is 7.69. The highest BCUT2D eigenvalue weighted by Crippen LogP contribution is 2.28. The van der Waals surface area contributed by atoms with Crippen LogP contribution in [0.4, 0.5) is 0 Å². The summed E-state index contributed by atoms with van der Waals surface area (Å²) in [6, 6.07) is 6.56. The van der Waals surface area contributed by atoms with Crippen molar-refractivity contribution >= 4 is 5.91 Å². The monoisotopic (exact) mass is 390 g/mol. The van der Waals surface area contributed by atoms with Crippen LogP contribution in [0.15, 0.2) is 18.2 Å². The lowest BCUT2D eigenvalue weighted by molar-refractivity contribution is -0.137. The van der Waals surface area contributed by atoms with Crippen LogP contribution in [0.1, 0.15) is 50.5 Å². The van der Waals surface area contributed by atoms with E-state index in [1.165, 1.54) is 50.5 Å². The van der Waals surface area contributed by atoms with Crippen LogP contribution in [0.2, 0.25) is 0 Å². The molecule has 1 aromatic rings. The van der Waals surface area contributed by atoms with Gasteiger partial charge in [-0.25, -0.2) is 0 Å². The van der Waals surface area contributed by atoms with E-state index >= 15 is 0 Å². The minimum absolute atomic E-state index is 0.0135. The molecule has 1 aliphatic carbocycles. The number of rotatable bonds is 7. The van der Waals surface area contributed by atoms with E-state index in [1.54, 1.807) is 12.0 Å². The lowest BCUT2D eigenvalue weighted by atomic mass is 9.96. The average Bonchev–Trinajstić information content (AvgIpc) is 2.72. The van der Waals surface area contributed by atoms with Gasteiger partial charge in [-0.05, 0) is 30.5 Å². The first kappa shape index (κ1) is 20.9. The van der Waals surface area contributed by atoms with Gasteiger partial charge < -0.3 is 24.4 Å². The summed E-state index contributed by atoms with van der Waals surface area (Å²) >= 11 is 0. The fourth-order valence-electron chi connectivity index (χ4n) is 3.91. The van der Waals surface area contributed by atoms with Gasteiger partial charge in [0.05, 0.1) is 20.3 Å². The first-order valence-electron chi connectivity index (χ1n) is 10.6. The van der Waals surface area contributed by atoms with Gasteiger partial charge in [-0.3, -0.25) is 4.79 Å². The molecular weight excluding hydrogens is 356 g/mol. The standard InChI is InChI=1S/C22H34N2O4/c1-26-21-15-18(16-23-19-7-5-3-2-4-6-8-19)9-10-20(21)28-17-22(25)24-11-13-27-14-12-24/h9-10,15,19,23H,2-8,11-14,16-17H2,1H3. The minimum Gasteiger partial charge on any atom is -0.493 e. The number of methoxy groups -OCH3 is 1. The van der Waals surface area contributed by atoms with Crippen molar-refractivity contribution in [2.24, 2.45) is 0 Å². The zero-order chi connectivity index (χ0) is 19.6. The van der Waals surface area contributed by atoms with Crippen LogP contribution in [-0.4, -0.2) is 56.9 Å². The highest BCUT2D eigenvalue weighted by Gasteiger charge is 2.18. The first-order chi connectivity index (χ1) is 13.8. The molecule has 1 heterocycles. The molecule has 28 heavy (non-hydrogen) atoms. The maximum absolute atomic E-state index is 12.3. The van der Waals surface area contributed by atoms with Gasteiger partial charge in [0.2, 0.25) is 0 Å². The predicted molar refractivity (Wildman–Crippen MR) is 109 cm³/mol. The van der Waals surface area contributed by atoms with Crippen LogP contribution >= 0.6 is 0 Å². The molecule has 0 spiro atoms. The van der Waals surface area contributed by atoms with E-state index < -0.39 is 0 Å². The molecule has 0 radical (unpaired) electrons. The van der Waals surface area contributed by atoms with E-state index in [9.17, 15) is 4.79 Å². The van der Waals surface area contributed by atoms with Crippen LogP contribution in [-0.2, 0) is 16.1 Å². The van der Waals surface area contributed by atoms with E-state index in [2.05, 4.69) is 5.32 Å². The van der Waals surface area contributed by atoms with Gasteiger partial charge in [-0.15, -0.1) is 0 Å². The second kappa shape index (κ2) is 11.3. The smallest absolute Gasteiger partial charge is 0.260 e. The second-order valence-corrected chi connectivity index (χ2v) is 7.69. The molecule has 0 atom stereocenters. The van der Waals surface area contributed by atoms with Crippen molar-refractivity contribution in [3.8, 4) is 11.5 Å². The van der Waals surface area contributed by atoms with Gasteiger partial charge in [-0.2, -0.15) is 0 Å². The van der Waals surface area contributed by atoms with Crippen molar-refractivity contribution in [3.05, 3.63) is 23.8 Å². The van der Waals surface area contributed by atoms with Crippen molar-refractivity contribution in [1.29, 1.82) is 0 Å². The largest absolute Gasteiger partial charge is 0.493 e. The number of amides is 1. The van der Waals surface area contributed by atoms with Crippen molar-refractivity contribution in [2.75, 3.05) is 40.0 Å². The molecule has 0 unspecified atom stereocenters. The molecule has 0 bridgehead atoms. The van der Waals surface area contributed by atoms with Crippen molar-refractivity contribution in [2.45, 2.75) is 57.5 Å². The minimum atomic E-state index is -0.0135. The average molecular weight is 391 g/mol. The first-order valence-corrected chi connectivity index (χ1v) is 10.6. The topological polar surface area (TPSA) is 60.0 Å². The maximum Gasteiger partial charge on any atom is 0.260 e. The molecule has 0 aromatic heterocycles. The third kappa shape index (κ3) is 6.38. The molecule has 3 rings (SSSR count). The molecule has 1 aromatic carbocycles. The number of benzene rings is 1. The third-order valence-electron chi connectivity index (χ3n) is 5.64. The zero-order valence-corrected chi connectivity index (χ0v) is 17.1. The molecule has 1 amide bonds. The molecule has 6 heteroatoms. The summed E-state index contributed by atoms with van der Waals surface area (Å²) in [6.45, 7) is 3.30. The Morgan fingerprint density at radius 3 is 2.54 bits per heavy atom. The van der Waals surface area contributed by atoms with Gasteiger partial charge in [-0.1, -0.05) is 38.2 Å². The lowest BCUT2D eigenvalue weighted by Gasteiger charge is -2.26. The zero-order valence-electron chi connectivity index (χ0n) is 17.1. The molecule has 1 saturated carbocycles. The van der Waals surface area contributed by atoms with Crippen molar-refractivity contribution in [1.82, 2.24) is 10.2 Å². The van der Waals surface area contributed by atoms with E-state index in [1.807, 2.05) is 18.2 Å². The fourth-order valence-corrected chi connectivity index (χ4v) is 3.91. The molecule has 2 fully saturated rings. The highest BCUT2D eigenvalue weighted by molar-refractivity contribution is 5.78. The quantitative estimate of drug-likeness (QED) is 0.775. The Morgan fingerprint density at radius 1 is 1.11 bits per heavy atom. The number of ether oxygens (including phenoxy) is 3. The van der Waals surface area contributed by atoms with Crippen LogP contribution < -0.4 is 14.8 Å². The number of nitrogens with zero attached hydrogens (tertiary/aromatic N) is 1. The van der Waals surface area contributed by atoms with E-state index in [0.717, 1.165) is 6.54 Å². The Kier molecular flexibility index (Phi) is 8.42. The van der Waals surface area contributed by atoms with Crippen LogP contribution in [0.5, 0.6) is 11.5 Å². The Bertz CT molecular complexity index is 609. The summed E-state index contributed by atoms with van der Waals surface area (Å²) in [7, 11) is 1.64. The number of hydrogen-bond donors (Lipinski definition) is 1. The molecule has 1 aliphatic heterocycles. The van der Waals surface area contributed by atoms with Crippen molar-refractivity contribution < 1.29 is 19.0 Å². The molecule has 156 valence electrons. The maximum atomic E-state index is 12.3. The Labute approximate surface area is 168 Å². The molecule has 1 saturated heterocycles. The third-order valence-corrected chi connectivity index (χ3v) is 5.64. The van der Waals surface area contributed by atoms with Crippen LogP contribution in [0.25, 0.3) is 0 Å². The summed E-state index contributed by atoms with van der Waals surface area (Å²) in [4.78, 5) is 14.0. The highest BCUT2D eigenvalue weighted by atomic mass is 16.5. The van der Waals surface area contributed by atoms with Gasteiger partial charge in [0.15, 0.2) is 18.1 Å². The van der Waals surface area contributed by atoms with Gasteiger partial charge in [0, 0.05) is 25.7 Å². The summed E-state index contributed by atoms with van der Waals surface area (Å²) < 4.78 is 16.5. The Balaban J connectivity index is 1.50. The molecular formula is C22H34N2O4. The number of nitrogens with one attached hydrogen (secondary N) is 1. The number of hydrogen-bond acceptors (Lipinski definition) is 5. The summed E-state index contributed by atoms with van der Waals surface area (Å²) in [6.07, 6.45) is 9.29. The SMILES string of the molecule is COc1cc(CNC2CCCCCCC2)ccc1OCC(=O)N1CCOCC1. The number of morpholine rings is 1. The fraction of sp³-hybridized carbons (Fsp3) is 0.682. The normalized spacial score (nSPS) is 19.0. The van der Waals surface area contributed by atoms with E-state index in [4.69, 9.17) is 14.2 Å². The summed E-state index contributed by atoms with van der Waals surface area (Å²) in [5.74, 6) is 1.27. The van der Waals surface area contributed by atoms with Gasteiger partial charge >= 0.3 is 0 Å². The Hall–Kier alpha value is -1.79. The number of carbonyl (C=O) groups is 1. The summed E-state index contributed by atoms with van der Waals surface area (Å²) in [5, 5.41) is 3.70.